The predicted molar refractivity (Wildman–Crippen MR) is 54.8 cm³/mol. The molecule has 1 saturated carbocycles. The lowest BCUT2D eigenvalue weighted by Crippen LogP contribution is -2.08. The van der Waals surface area contributed by atoms with Crippen molar-refractivity contribution >= 4 is 6.21 Å². The van der Waals surface area contributed by atoms with Crippen LogP contribution in [0.5, 0.6) is 0 Å². The first kappa shape index (κ1) is 8.30. The van der Waals surface area contributed by atoms with Gasteiger partial charge in [-0.1, -0.05) is 30.7 Å². The number of benzene rings is 1. The highest BCUT2D eigenvalue weighted by Gasteiger charge is 2.18. The highest BCUT2D eigenvalue weighted by atomic mass is 15.1. The second kappa shape index (κ2) is 3.60. The maximum atomic E-state index is 5.07. The van der Waals surface area contributed by atoms with Gasteiger partial charge >= 0.3 is 0 Å². The van der Waals surface area contributed by atoms with Gasteiger partial charge in [-0.25, -0.2) is 0 Å². The molecule has 2 nitrogen and oxygen atoms in total. The summed E-state index contributed by atoms with van der Waals surface area (Å²) in [5, 5.41) is 3.49. The predicted octanol–water partition coefficient (Wildman–Crippen LogP) is 2.25. The second-order valence-electron chi connectivity index (χ2n) is 3.57. The molecule has 0 atom stereocenters. The van der Waals surface area contributed by atoms with Gasteiger partial charge in [0.15, 0.2) is 0 Å². The first-order valence-corrected chi connectivity index (χ1v) is 4.73. The van der Waals surface area contributed by atoms with E-state index in [4.69, 9.17) is 5.84 Å². The van der Waals surface area contributed by atoms with Gasteiger partial charge in [-0.3, -0.25) is 0 Å². The Labute approximate surface area is 78.5 Å². The molecule has 1 aliphatic carbocycles. The van der Waals surface area contributed by atoms with E-state index in [-0.39, 0.29) is 0 Å². The molecule has 13 heavy (non-hydrogen) atoms. The van der Waals surface area contributed by atoms with E-state index in [1.165, 1.54) is 24.8 Å². The molecule has 0 aliphatic heterocycles. The summed E-state index contributed by atoms with van der Waals surface area (Å²) in [4.78, 5) is 0. The van der Waals surface area contributed by atoms with E-state index in [0.717, 1.165) is 11.5 Å². The number of nitrogens with two attached hydrogens (primary N) is 1. The van der Waals surface area contributed by atoms with Crippen LogP contribution in [0.2, 0.25) is 0 Å². The van der Waals surface area contributed by atoms with Crippen LogP contribution >= 0.6 is 0 Å². The first-order chi connectivity index (χ1) is 6.40. The second-order valence-corrected chi connectivity index (χ2v) is 3.57. The van der Waals surface area contributed by atoms with E-state index in [1.54, 1.807) is 6.21 Å². The zero-order chi connectivity index (χ0) is 9.10. The molecule has 2 heteroatoms. The van der Waals surface area contributed by atoms with Crippen LogP contribution in [0.4, 0.5) is 0 Å². The lowest BCUT2D eigenvalue weighted by Gasteiger charge is -2.25. The molecule has 1 aromatic carbocycles. The Morgan fingerprint density at radius 3 is 2.38 bits per heavy atom. The summed E-state index contributed by atoms with van der Waals surface area (Å²) >= 11 is 0. The van der Waals surface area contributed by atoms with Crippen LogP contribution in [0.1, 0.15) is 36.3 Å². The number of hydrogen-bond donors (Lipinski definition) is 1. The summed E-state index contributed by atoms with van der Waals surface area (Å²) in [6.07, 6.45) is 5.76. The number of rotatable bonds is 2. The fourth-order valence-electron chi connectivity index (χ4n) is 1.68. The minimum absolute atomic E-state index is 0.809. The Hall–Kier alpha value is -1.31. The summed E-state index contributed by atoms with van der Waals surface area (Å²) < 4.78 is 0. The minimum atomic E-state index is 0.809. The molecule has 0 unspecified atom stereocenters. The van der Waals surface area contributed by atoms with Crippen molar-refractivity contribution < 1.29 is 0 Å². The molecule has 2 N–H and O–H groups in total. The Morgan fingerprint density at radius 1 is 1.23 bits per heavy atom. The van der Waals surface area contributed by atoms with E-state index >= 15 is 0 Å². The highest BCUT2D eigenvalue weighted by Crippen LogP contribution is 2.36. The Kier molecular flexibility index (Phi) is 2.30. The smallest absolute Gasteiger partial charge is 0.0538 e. The third kappa shape index (κ3) is 1.72. The van der Waals surface area contributed by atoms with Crippen molar-refractivity contribution in [3.05, 3.63) is 35.4 Å². The lowest BCUT2D eigenvalue weighted by molar-refractivity contribution is 0.420. The zero-order valence-corrected chi connectivity index (χ0v) is 7.61. The molecule has 1 aromatic rings. The van der Waals surface area contributed by atoms with Gasteiger partial charge in [-0.05, 0) is 29.9 Å². The SMILES string of the molecule is NN=Cc1ccc(C2CCC2)cc1. The molecule has 0 aromatic heterocycles. The molecule has 0 amide bonds. The molecule has 2 rings (SSSR count). The average molecular weight is 174 g/mol. The summed E-state index contributed by atoms with van der Waals surface area (Å²) in [6, 6.07) is 8.51. The Bertz CT molecular complexity index is 296. The molecule has 68 valence electrons. The molecule has 0 saturated heterocycles. The first-order valence-electron chi connectivity index (χ1n) is 4.73. The number of nitrogens with zero attached hydrogens (tertiary/aromatic N) is 1. The third-order valence-corrected chi connectivity index (χ3v) is 2.74. The largest absolute Gasteiger partial charge is 0.323 e. The van der Waals surface area contributed by atoms with E-state index in [2.05, 4.69) is 29.4 Å². The molecule has 1 fully saturated rings. The van der Waals surface area contributed by atoms with Gasteiger partial charge in [0, 0.05) is 0 Å². The van der Waals surface area contributed by atoms with Gasteiger partial charge in [0.05, 0.1) is 6.21 Å². The number of hydrogen-bond acceptors (Lipinski definition) is 2. The van der Waals surface area contributed by atoms with Crippen molar-refractivity contribution in [1.82, 2.24) is 0 Å². The van der Waals surface area contributed by atoms with Crippen LogP contribution in [-0.2, 0) is 0 Å². The fourth-order valence-corrected chi connectivity index (χ4v) is 1.68. The lowest BCUT2D eigenvalue weighted by atomic mass is 9.80. The van der Waals surface area contributed by atoms with Gasteiger partial charge in [0.2, 0.25) is 0 Å². The van der Waals surface area contributed by atoms with Gasteiger partial charge in [-0.2, -0.15) is 5.10 Å². The van der Waals surface area contributed by atoms with Crippen LogP contribution in [-0.4, -0.2) is 6.21 Å². The fraction of sp³-hybridized carbons (Fsp3) is 0.364. The van der Waals surface area contributed by atoms with E-state index in [9.17, 15) is 0 Å². The van der Waals surface area contributed by atoms with Crippen LogP contribution in [0.25, 0.3) is 0 Å². The maximum Gasteiger partial charge on any atom is 0.0538 e. The Balaban J connectivity index is 2.13. The standard InChI is InChI=1S/C11H14N2/c12-13-8-9-4-6-11(7-5-9)10-2-1-3-10/h4-8,10H,1-3,12H2. The number of hydrazone groups is 1. The molecule has 0 radical (unpaired) electrons. The van der Waals surface area contributed by atoms with Gasteiger partial charge in [0.1, 0.15) is 0 Å². The van der Waals surface area contributed by atoms with Gasteiger partial charge < -0.3 is 5.84 Å². The van der Waals surface area contributed by atoms with E-state index < -0.39 is 0 Å². The van der Waals surface area contributed by atoms with Gasteiger partial charge in [-0.15, -0.1) is 0 Å². The Morgan fingerprint density at radius 2 is 1.92 bits per heavy atom. The molecule has 1 aliphatic rings. The molecular formula is C11H14N2. The monoisotopic (exact) mass is 174 g/mol. The molecule has 0 heterocycles. The van der Waals surface area contributed by atoms with Crippen LogP contribution in [0.15, 0.2) is 29.4 Å². The summed E-state index contributed by atoms with van der Waals surface area (Å²) in [6.45, 7) is 0. The van der Waals surface area contributed by atoms with Crippen LogP contribution < -0.4 is 5.84 Å². The van der Waals surface area contributed by atoms with Crippen molar-refractivity contribution in [3.63, 3.8) is 0 Å². The average Bonchev–Trinajstić information content (AvgIpc) is 2.06. The van der Waals surface area contributed by atoms with Crippen molar-refractivity contribution in [1.29, 1.82) is 0 Å². The van der Waals surface area contributed by atoms with Crippen molar-refractivity contribution in [3.8, 4) is 0 Å². The van der Waals surface area contributed by atoms with Crippen LogP contribution in [0.3, 0.4) is 0 Å². The van der Waals surface area contributed by atoms with Gasteiger partial charge in [0.25, 0.3) is 0 Å². The van der Waals surface area contributed by atoms with Crippen molar-refractivity contribution in [2.24, 2.45) is 10.9 Å². The summed E-state index contributed by atoms with van der Waals surface area (Å²) in [7, 11) is 0. The van der Waals surface area contributed by atoms with Crippen LogP contribution in [0, 0.1) is 0 Å². The zero-order valence-electron chi connectivity index (χ0n) is 7.61. The maximum absolute atomic E-state index is 5.07. The minimum Gasteiger partial charge on any atom is -0.323 e. The topological polar surface area (TPSA) is 38.4 Å². The van der Waals surface area contributed by atoms with E-state index in [1.807, 2.05) is 0 Å². The highest BCUT2D eigenvalue weighted by molar-refractivity contribution is 5.79. The molecule has 0 spiro atoms. The van der Waals surface area contributed by atoms with Crippen molar-refractivity contribution in [2.45, 2.75) is 25.2 Å². The quantitative estimate of drug-likeness (QED) is 0.417. The summed E-state index contributed by atoms with van der Waals surface area (Å²) in [5.41, 5.74) is 2.53. The third-order valence-electron chi connectivity index (χ3n) is 2.74. The molecular weight excluding hydrogens is 160 g/mol. The molecule has 0 bridgehead atoms. The normalized spacial score (nSPS) is 17.5. The summed E-state index contributed by atoms with van der Waals surface area (Å²) in [5.74, 6) is 5.87. The van der Waals surface area contributed by atoms with Crippen molar-refractivity contribution in [2.75, 3.05) is 0 Å². The van der Waals surface area contributed by atoms with E-state index in [0.29, 0.717) is 0 Å².